The molecule has 2 rings (SSSR count). The number of carbonyl (C=O) groups is 2. The first kappa shape index (κ1) is 15.7. The van der Waals surface area contributed by atoms with E-state index < -0.39 is 12.0 Å². The number of nitrogens with zero attached hydrogens (tertiary/aromatic N) is 1. The van der Waals surface area contributed by atoms with Crippen molar-refractivity contribution in [2.75, 3.05) is 0 Å². The second-order valence-electron chi connectivity index (χ2n) is 5.01. The molecule has 22 heavy (non-hydrogen) atoms. The lowest BCUT2D eigenvalue weighted by molar-refractivity contribution is -0.141. The number of fused-ring (bicyclic) bond motifs is 1. The second-order valence-corrected chi connectivity index (χ2v) is 5.01. The number of H-pyrrole nitrogens is 1. The lowest BCUT2D eigenvalue weighted by Gasteiger charge is -2.08. The SMILES string of the molecule is C[C@@H](NC(=O)CCCc1nc2ccccc2c(=O)[nH]1)C(=O)O. The van der Waals surface area contributed by atoms with Crippen LogP contribution in [0, 0.1) is 0 Å². The Hall–Kier alpha value is -2.70. The number of nitrogens with one attached hydrogen (secondary N) is 2. The van der Waals surface area contributed by atoms with Crippen molar-refractivity contribution in [2.45, 2.75) is 32.2 Å². The van der Waals surface area contributed by atoms with Crippen molar-refractivity contribution < 1.29 is 14.7 Å². The average Bonchev–Trinajstić information content (AvgIpc) is 2.47. The normalized spacial score (nSPS) is 12.0. The quantitative estimate of drug-likeness (QED) is 0.732. The molecule has 0 bridgehead atoms. The standard InChI is InChI=1S/C15H17N3O4/c1-9(15(21)22)16-13(19)8-4-7-12-17-11-6-3-2-5-10(11)14(20)18-12/h2-3,5-6,9H,4,7-8H2,1H3,(H,16,19)(H,21,22)(H,17,18,20)/t9-/m1/s1. The van der Waals surface area contributed by atoms with Gasteiger partial charge in [-0.05, 0) is 25.5 Å². The van der Waals surface area contributed by atoms with Gasteiger partial charge in [0.1, 0.15) is 11.9 Å². The van der Waals surface area contributed by atoms with Gasteiger partial charge in [-0.3, -0.25) is 14.4 Å². The van der Waals surface area contributed by atoms with Crippen LogP contribution < -0.4 is 10.9 Å². The number of aliphatic carboxylic acids is 1. The van der Waals surface area contributed by atoms with E-state index in [-0.39, 0.29) is 17.9 Å². The number of aryl methyl sites for hydroxylation is 1. The summed E-state index contributed by atoms with van der Waals surface area (Å²) in [5.41, 5.74) is 0.412. The summed E-state index contributed by atoms with van der Waals surface area (Å²) >= 11 is 0. The van der Waals surface area contributed by atoms with Crippen LogP contribution in [0.5, 0.6) is 0 Å². The smallest absolute Gasteiger partial charge is 0.325 e. The second kappa shape index (κ2) is 6.84. The van der Waals surface area contributed by atoms with Gasteiger partial charge in [-0.15, -0.1) is 0 Å². The molecule has 1 aromatic heterocycles. The first-order valence-corrected chi connectivity index (χ1v) is 6.97. The fourth-order valence-electron chi connectivity index (χ4n) is 2.05. The first-order valence-electron chi connectivity index (χ1n) is 6.97. The summed E-state index contributed by atoms with van der Waals surface area (Å²) in [7, 11) is 0. The maximum atomic E-state index is 11.9. The van der Waals surface area contributed by atoms with Crippen LogP contribution in [-0.4, -0.2) is 33.0 Å². The summed E-state index contributed by atoms with van der Waals surface area (Å²) < 4.78 is 0. The van der Waals surface area contributed by atoms with Crippen molar-refractivity contribution in [1.29, 1.82) is 0 Å². The van der Waals surface area contributed by atoms with Crippen LogP contribution >= 0.6 is 0 Å². The summed E-state index contributed by atoms with van der Waals surface area (Å²) in [6.45, 7) is 1.41. The highest BCUT2D eigenvalue weighted by Gasteiger charge is 2.13. The minimum absolute atomic E-state index is 0.175. The molecule has 3 N–H and O–H groups in total. The fourth-order valence-corrected chi connectivity index (χ4v) is 2.05. The van der Waals surface area contributed by atoms with Crippen molar-refractivity contribution in [3.05, 3.63) is 40.4 Å². The highest BCUT2D eigenvalue weighted by molar-refractivity contribution is 5.83. The zero-order valence-electron chi connectivity index (χ0n) is 12.1. The number of amides is 1. The van der Waals surface area contributed by atoms with Gasteiger partial charge in [-0.2, -0.15) is 0 Å². The lowest BCUT2D eigenvalue weighted by atomic mass is 10.2. The van der Waals surface area contributed by atoms with Crippen LogP contribution in [0.25, 0.3) is 10.9 Å². The van der Waals surface area contributed by atoms with E-state index in [1.54, 1.807) is 24.3 Å². The number of hydrogen-bond donors (Lipinski definition) is 3. The molecule has 0 saturated heterocycles. The summed E-state index contributed by atoms with van der Waals surface area (Å²) in [6, 6.07) is 6.12. The first-order chi connectivity index (χ1) is 10.5. The predicted molar refractivity (Wildman–Crippen MR) is 80.5 cm³/mol. The highest BCUT2D eigenvalue weighted by Crippen LogP contribution is 2.07. The molecule has 0 aliphatic rings. The fraction of sp³-hybridized carbons (Fsp3) is 0.333. The van der Waals surface area contributed by atoms with Crippen LogP contribution in [-0.2, 0) is 16.0 Å². The zero-order chi connectivity index (χ0) is 16.1. The summed E-state index contributed by atoms with van der Waals surface area (Å²) in [5.74, 6) is -0.894. The van der Waals surface area contributed by atoms with Gasteiger partial charge in [0.05, 0.1) is 10.9 Å². The Labute approximate surface area is 126 Å². The van der Waals surface area contributed by atoms with Crippen molar-refractivity contribution in [3.63, 3.8) is 0 Å². The van der Waals surface area contributed by atoms with Gasteiger partial charge < -0.3 is 15.4 Å². The van der Waals surface area contributed by atoms with E-state index in [2.05, 4.69) is 15.3 Å². The van der Waals surface area contributed by atoms with Gasteiger partial charge in [-0.1, -0.05) is 12.1 Å². The Morgan fingerprint density at radius 3 is 2.82 bits per heavy atom. The molecule has 1 aromatic carbocycles. The molecular weight excluding hydrogens is 286 g/mol. The molecule has 0 radical (unpaired) electrons. The number of hydrogen-bond acceptors (Lipinski definition) is 4. The number of carbonyl (C=O) groups excluding carboxylic acids is 1. The number of aromatic amines is 1. The van der Waals surface area contributed by atoms with E-state index in [4.69, 9.17) is 5.11 Å². The van der Waals surface area contributed by atoms with E-state index in [1.165, 1.54) is 6.92 Å². The minimum atomic E-state index is -1.08. The van der Waals surface area contributed by atoms with Crippen LogP contribution in [0.1, 0.15) is 25.6 Å². The Kier molecular flexibility index (Phi) is 4.88. The van der Waals surface area contributed by atoms with Gasteiger partial charge in [0, 0.05) is 12.8 Å². The number of para-hydroxylation sites is 1. The molecule has 0 aliphatic carbocycles. The molecular formula is C15H17N3O4. The maximum Gasteiger partial charge on any atom is 0.325 e. The third-order valence-electron chi connectivity index (χ3n) is 3.23. The minimum Gasteiger partial charge on any atom is -0.480 e. The zero-order valence-corrected chi connectivity index (χ0v) is 12.1. The number of benzene rings is 1. The molecule has 0 spiro atoms. The number of rotatable bonds is 6. The predicted octanol–water partition coefficient (Wildman–Crippen LogP) is 0.835. The number of carboxylic acid groups (broad SMARTS) is 1. The molecule has 0 aliphatic heterocycles. The lowest BCUT2D eigenvalue weighted by Crippen LogP contribution is -2.38. The van der Waals surface area contributed by atoms with E-state index in [0.29, 0.717) is 29.6 Å². The summed E-state index contributed by atoms with van der Waals surface area (Å²) in [4.78, 5) is 41.1. The molecule has 116 valence electrons. The maximum absolute atomic E-state index is 11.9. The Morgan fingerprint density at radius 2 is 2.09 bits per heavy atom. The van der Waals surface area contributed by atoms with Crippen LogP contribution in [0.2, 0.25) is 0 Å². The molecule has 2 aromatic rings. The van der Waals surface area contributed by atoms with Crippen LogP contribution in [0.15, 0.2) is 29.1 Å². The Bertz CT molecular complexity index is 754. The molecule has 1 heterocycles. The third-order valence-corrected chi connectivity index (χ3v) is 3.23. The van der Waals surface area contributed by atoms with Gasteiger partial charge in [-0.25, -0.2) is 4.98 Å². The van der Waals surface area contributed by atoms with Gasteiger partial charge in [0.2, 0.25) is 5.91 Å². The van der Waals surface area contributed by atoms with E-state index >= 15 is 0 Å². The monoisotopic (exact) mass is 303 g/mol. The van der Waals surface area contributed by atoms with Crippen LogP contribution in [0.4, 0.5) is 0 Å². The average molecular weight is 303 g/mol. The molecule has 1 atom stereocenters. The number of carboxylic acids is 1. The molecule has 7 nitrogen and oxygen atoms in total. The number of aromatic nitrogens is 2. The molecule has 0 saturated carbocycles. The molecule has 0 unspecified atom stereocenters. The molecule has 1 amide bonds. The largest absolute Gasteiger partial charge is 0.480 e. The highest BCUT2D eigenvalue weighted by atomic mass is 16.4. The van der Waals surface area contributed by atoms with Gasteiger partial charge in [0.25, 0.3) is 5.56 Å². The van der Waals surface area contributed by atoms with Gasteiger partial charge in [0.15, 0.2) is 0 Å². The van der Waals surface area contributed by atoms with Crippen molar-refractivity contribution in [1.82, 2.24) is 15.3 Å². The van der Waals surface area contributed by atoms with E-state index in [1.807, 2.05) is 0 Å². The molecule has 7 heteroatoms. The van der Waals surface area contributed by atoms with E-state index in [0.717, 1.165) is 0 Å². The van der Waals surface area contributed by atoms with Crippen molar-refractivity contribution >= 4 is 22.8 Å². The van der Waals surface area contributed by atoms with Gasteiger partial charge >= 0.3 is 5.97 Å². The Balaban J connectivity index is 1.94. The van der Waals surface area contributed by atoms with Crippen molar-refractivity contribution in [2.24, 2.45) is 0 Å². The summed E-state index contributed by atoms with van der Waals surface area (Å²) in [5, 5.41) is 11.6. The van der Waals surface area contributed by atoms with Crippen molar-refractivity contribution in [3.8, 4) is 0 Å². The topological polar surface area (TPSA) is 112 Å². The Morgan fingerprint density at radius 1 is 1.36 bits per heavy atom. The summed E-state index contributed by atoms with van der Waals surface area (Å²) in [6.07, 6.45) is 1.09. The van der Waals surface area contributed by atoms with E-state index in [9.17, 15) is 14.4 Å². The molecule has 0 fully saturated rings. The van der Waals surface area contributed by atoms with Crippen LogP contribution in [0.3, 0.4) is 0 Å². The third kappa shape index (κ3) is 3.91.